The predicted octanol–water partition coefficient (Wildman–Crippen LogP) is 7.86. The van der Waals surface area contributed by atoms with Gasteiger partial charge in [0.25, 0.3) is 15.9 Å². The van der Waals surface area contributed by atoms with Crippen LogP contribution < -0.4 is 19.7 Å². The summed E-state index contributed by atoms with van der Waals surface area (Å²) in [4.78, 5) is 30.7. The molecule has 13 nitrogen and oxygen atoms in total. The first-order valence-corrected chi connectivity index (χ1v) is 22.8. The van der Waals surface area contributed by atoms with E-state index in [-0.39, 0.29) is 27.9 Å². The van der Waals surface area contributed by atoms with E-state index in [1.54, 1.807) is 31.5 Å². The molecule has 1 atom stereocenters. The molecule has 0 radical (unpaired) electrons. The summed E-state index contributed by atoms with van der Waals surface area (Å²) in [6, 6.07) is 19.3. The second-order valence-electron chi connectivity index (χ2n) is 18.2. The number of pyridine rings is 2. The molecule has 2 saturated heterocycles. The molecule has 1 unspecified atom stereocenters. The molecule has 9 rings (SSSR count). The standard InChI is InChI=1S/C46H55N7O6S/c1-29(2)35-7-4-5-8-36(35)39-9-6-16-53(39)32-24-46(25-32)13-17-52(18-14-46)42-21-41(59-33-19-31-12-15-47-43(31)50-27-33)37(28-49-42)44(55)51-60(57,58)34-10-11-38(40(54)20-34)48-26-30-22-45(3,56)23-30/h4-5,7-8,10-12,15,19-21,27-30,32,39,48,54,56H,6,9,13-14,16-18,22-26H2,1-3H3,(H,47,50)(H,51,55)/t30-,39?,45+. The van der Waals surface area contributed by atoms with Gasteiger partial charge >= 0.3 is 0 Å². The van der Waals surface area contributed by atoms with Crippen LogP contribution >= 0.6 is 0 Å². The quantitative estimate of drug-likeness (QED) is 0.0775. The number of anilines is 2. The molecule has 2 aliphatic carbocycles. The third-order valence-electron chi connectivity index (χ3n) is 13.5. The van der Waals surface area contributed by atoms with Crippen LogP contribution in [0.2, 0.25) is 0 Å². The van der Waals surface area contributed by atoms with Crippen molar-refractivity contribution < 1.29 is 28.2 Å². The zero-order valence-electron chi connectivity index (χ0n) is 34.5. The first kappa shape index (κ1) is 40.2. The van der Waals surface area contributed by atoms with Crippen LogP contribution in [0, 0.1) is 11.3 Å². The van der Waals surface area contributed by atoms with Gasteiger partial charge in [-0.2, -0.15) is 0 Å². The number of aliphatic hydroxyl groups is 1. The van der Waals surface area contributed by atoms with Crippen molar-refractivity contribution in [1.82, 2.24) is 24.6 Å². The number of nitrogens with zero attached hydrogens (tertiary/aromatic N) is 4. The van der Waals surface area contributed by atoms with Gasteiger partial charge in [0.1, 0.15) is 34.3 Å². The number of H-pyrrole nitrogens is 1. The Balaban J connectivity index is 0.887. The van der Waals surface area contributed by atoms with Gasteiger partial charge in [-0.1, -0.05) is 38.1 Å². The highest BCUT2D eigenvalue weighted by atomic mass is 32.2. The van der Waals surface area contributed by atoms with Gasteiger partial charge in [0, 0.05) is 61.6 Å². The number of aromatic hydroxyl groups is 1. The number of piperidine rings is 1. The number of phenols is 1. The molecule has 0 bridgehead atoms. The number of rotatable bonds is 12. The molecule has 316 valence electrons. The number of likely N-dealkylation sites (tertiary alicyclic amines) is 1. The monoisotopic (exact) mass is 833 g/mol. The fraction of sp³-hybridized carbons (Fsp3) is 0.457. The SMILES string of the molecule is CC(C)c1ccccc1C1CCCN1C1CC2(CCN(c3cc(Oc4cnc5[nH]ccc5c4)c(C(=O)NS(=O)(=O)c4ccc(NC[C@H]5C[C@@](C)(O)C5)c(O)c4)cn3)CC2)C1. The number of hydrogen-bond acceptors (Lipinski definition) is 11. The average molecular weight is 834 g/mol. The van der Waals surface area contributed by atoms with Crippen LogP contribution in [0.15, 0.2) is 84.1 Å². The lowest BCUT2D eigenvalue weighted by Gasteiger charge is -2.56. The van der Waals surface area contributed by atoms with Gasteiger partial charge in [-0.25, -0.2) is 23.1 Å². The summed E-state index contributed by atoms with van der Waals surface area (Å²) in [5, 5.41) is 24.7. The van der Waals surface area contributed by atoms with Crippen molar-refractivity contribution in [3.63, 3.8) is 0 Å². The van der Waals surface area contributed by atoms with Gasteiger partial charge in [-0.3, -0.25) is 9.69 Å². The molecule has 2 aromatic carbocycles. The maximum absolute atomic E-state index is 13.8. The normalized spacial score (nSPS) is 23.1. The first-order valence-electron chi connectivity index (χ1n) is 21.3. The molecule has 4 fully saturated rings. The Morgan fingerprint density at radius 3 is 2.53 bits per heavy atom. The Bertz CT molecular complexity index is 2500. The van der Waals surface area contributed by atoms with E-state index in [0.717, 1.165) is 43.9 Å². The van der Waals surface area contributed by atoms with E-state index in [4.69, 9.17) is 4.74 Å². The van der Waals surface area contributed by atoms with Crippen molar-refractivity contribution in [3.8, 4) is 17.2 Å². The maximum atomic E-state index is 13.8. The lowest BCUT2D eigenvalue weighted by molar-refractivity contribution is -0.0523. The fourth-order valence-corrected chi connectivity index (χ4v) is 11.3. The highest BCUT2D eigenvalue weighted by molar-refractivity contribution is 7.90. The number of amides is 1. The lowest BCUT2D eigenvalue weighted by Crippen LogP contribution is -2.55. The van der Waals surface area contributed by atoms with Crippen molar-refractivity contribution in [1.29, 1.82) is 0 Å². The number of sulfonamides is 1. The molecule has 1 amide bonds. The number of benzene rings is 2. The third-order valence-corrected chi connectivity index (χ3v) is 14.8. The lowest BCUT2D eigenvalue weighted by atomic mass is 9.60. The van der Waals surface area contributed by atoms with Crippen LogP contribution in [-0.4, -0.2) is 82.2 Å². The zero-order chi connectivity index (χ0) is 41.8. The van der Waals surface area contributed by atoms with Gasteiger partial charge in [0.2, 0.25) is 0 Å². The van der Waals surface area contributed by atoms with Crippen molar-refractivity contribution in [2.75, 3.05) is 36.4 Å². The molecule has 4 aliphatic rings. The summed E-state index contributed by atoms with van der Waals surface area (Å²) >= 11 is 0. The van der Waals surface area contributed by atoms with Crippen LogP contribution in [0.4, 0.5) is 11.5 Å². The molecule has 5 aromatic rings. The second-order valence-corrected chi connectivity index (χ2v) is 19.9. The zero-order valence-corrected chi connectivity index (χ0v) is 35.3. The van der Waals surface area contributed by atoms with E-state index >= 15 is 0 Å². The molecule has 5 N–H and O–H groups in total. The Morgan fingerprint density at radius 1 is 1.00 bits per heavy atom. The van der Waals surface area contributed by atoms with E-state index in [0.29, 0.717) is 65.7 Å². The van der Waals surface area contributed by atoms with E-state index in [1.165, 1.54) is 55.1 Å². The highest BCUT2D eigenvalue weighted by Gasteiger charge is 2.50. The van der Waals surface area contributed by atoms with E-state index in [2.05, 4.69) is 72.9 Å². The molecule has 60 heavy (non-hydrogen) atoms. The fourth-order valence-electron chi connectivity index (χ4n) is 10.3. The first-order chi connectivity index (χ1) is 28.7. The summed E-state index contributed by atoms with van der Waals surface area (Å²) in [5.41, 5.74) is 3.58. The number of fused-ring (bicyclic) bond motifs is 1. The topological polar surface area (TPSA) is 173 Å². The molecule has 3 aromatic heterocycles. The number of aromatic amines is 1. The van der Waals surface area contributed by atoms with Gasteiger partial charge in [0.05, 0.1) is 22.4 Å². The highest BCUT2D eigenvalue weighted by Crippen LogP contribution is 2.54. The molecular formula is C46H55N7O6S. The maximum Gasteiger partial charge on any atom is 0.270 e. The van der Waals surface area contributed by atoms with Crippen LogP contribution in [-0.2, 0) is 10.0 Å². The molecule has 14 heteroatoms. The number of hydrogen-bond donors (Lipinski definition) is 5. The molecular weight excluding hydrogens is 779 g/mol. The molecule has 2 aliphatic heterocycles. The van der Waals surface area contributed by atoms with Crippen molar-refractivity contribution in [2.24, 2.45) is 11.3 Å². The van der Waals surface area contributed by atoms with Gasteiger partial charge in [0.15, 0.2) is 0 Å². The van der Waals surface area contributed by atoms with Crippen molar-refractivity contribution in [2.45, 2.75) is 101 Å². The van der Waals surface area contributed by atoms with Gasteiger partial charge in [-0.15, -0.1) is 0 Å². The Morgan fingerprint density at radius 2 is 1.78 bits per heavy atom. The largest absolute Gasteiger partial charge is 0.506 e. The Labute approximate surface area is 351 Å². The minimum Gasteiger partial charge on any atom is -0.506 e. The van der Waals surface area contributed by atoms with Crippen LogP contribution in [0.1, 0.15) is 106 Å². The number of nitrogens with one attached hydrogen (secondary N) is 3. The third kappa shape index (κ3) is 8.04. The Hall–Kier alpha value is -5.18. The van der Waals surface area contributed by atoms with Gasteiger partial charge in [-0.05, 0) is 117 Å². The minimum absolute atomic E-state index is 0.0649. The predicted molar refractivity (Wildman–Crippen MR) is 231 cm³/mol. The number of ether oxygens (including phenoxy) is 1. The van der Waals surface area contributed by atoms with Crippen LogP contribution in [0.3, 0.4) is 0 Å². The Kier molecular flexibility index (Phi) is 10.5. The molecule has 2 saturated carbocycles. The number of aromatic nitrogens is 3. The van der Waals surface area contributed by atoms with Crippen molar-refractivity contribution >= 4 is 38.5 Å². The smallest absolute Gasteiger partial charge is 0.270 e. The van der Waals surface area contributed by atoms with Crippen molar-refractivity contribution in [3.05, 3.63) is 95.9 Å². The summed E-state index contributed by atoms with van der Waals surface area (Å²) in [6.07, 6.45) is 12.9. The average Bonchev–Trinajstić information content (AvgIpc) is 3.88. The van der Waals surface area contributed by atoms with Crippen LogP contribution in [0.5, 0.6) is 17.2 Å². The van der Waals surface area contributed by atoms with Gasteiger partial charge < -0.3 is 30.2 Å². The minimum atomic E-state index is -4.41. The molecule has 1 spiro atoms. The number of carbonyl (C=O) groups is 1. The van der Waals surface area contributed by atoms with E-state index < -0.39 is 21.5 Å². The summed E-state index contributed by atoms with van der Waals surface area (Å²) in [5.74, 6) is 0.723. The number of carbonyl (C=O) groups excluding carboxylic acids is 1. The number of phenolic OH excluding ortho intramolecular Hbond substituents is 1. The summed E-state index contributed by atoms with van der Waals surface area (Å²) in [7, 11) is -4.41. The van der Waals surface area contributed by atoms with Crippen LogP contribution in [0.25, 0.3) is 11.0 Å². The second kappa shape index (κ2) is 15.7. The molecule has 5 heterocycles. The van der Waals surface area contributed by atoms with E-state index in [9.17, 15) is 23.4 Å². The summed E-state index contributed by atoms with van der Waals surface area (Å²) < 4.78 is 35.5. The summed E-state index contributed by atoms with van der Waals surface area (Å²) in [6.45, 7) is 9.67. The van der Waals surface area contributed by atoms with E-state index in [1.807, 2.05) is 6.07 Å².